The monoisotopic (exact) mass is 422 g/mol. The molecule has 1 aromatic heterocycles. The summed E-state index contributed by atoms with van der Waals surface area (Å²) in [4.78, 5) is 16.1. The number of amides is 1. The predicted molar refractivity (Wildman–Crippen MR) is 102 cm³/mol. The summed E-state index contributed by atoms with van der Waals surface area (Å²) in [6.45, 7) is 0.334. The molecule has 0 radical (unpaired) electrons. The Bertz CT molecular complexity index is 990. The highest BCUT2D eigenvalue weighted by atomic mass is 32.1. The fourth-order valence-corrected chi connectivity index (χ4v) is 3.27. The molecule has 1 heterocycles. The number of benzene rings is 2. The number of nitrogens with one attached hydrogen (secondary N) is 1. The summed E-state index contributed by atoms with van der Waals surface area (Å²) >= 11 is 1.12. The van der Waals surface area contributed by atoms with Crippen LogP contribution in [0.2, 0.25) is 0 Å². The SMILES string of the molecule is COCCNC(=O)c1csc(-c2ccc(OCc3c(F)cccc3F)cc2F)n1. The Balaban J connectivity index is 1.69. The molecule has 3 rings (SSSR count). The van der Waals surface area contributed by atoms with Crippen LogP contribution >= 0.6 is 11.3 Å². The fraction of sp³-hybridized carbons (Fsp3) is 0.200. The maximum Gasteiger partial charge on any atom is 0.270 e. The molecule has 152 valence electrons. The van der Waals surface area contributed by atoms with Crippen LogP contribution in [0.5, 0.6) is 5.75 Å². The van der Waals surface area contributed by atoms with Gasteiger partial charge in [-0.15, -0.1) is 11.3 Å². The second-order valence-corrected chi connectivity index (χ2v) is 6.78. The van der Waals surface area contributed by atoms with Gasteiger partial charge in [-0.1, -0.05) is 6.07 Å². The molecule has 1 amide bonds. The highest BCUT2D eigenvalue weighted by Crippen LogP contribution is 2.29. The molecule has 2 aromatic carbocycles. The van der Waals surface area contributed by atoms with Gasteiger partial charge >= 0.3 is 0 Å². The smallest absolute Gasteiger partial charge is 0.270 e. The quantitative estimate of drug-likeness (QED) is 0.554. The third-order valence-electron chi connectivity index (χ3n) is 3.94. The van der Waals surface area contributed by atoms with Gasteiger partial charge in [-0.3, -0.25) is 4.79 Å². The topological polar surface area (TPSA) is 60.5 Å². The van der Waals surface area contributed by atoms with E-state index in [0.29, 0.717) is 18.2 Å². The standard InChI is InChI=1S/C20H17F3N2O3S/c1-27-8-7-24-19(26)18-11-29-20(25-18)13-6-5-12(9-17(13)23)28-10-14-15(21)3-2-4-16(14)22/h2-6,9,11H,7-8,10H2,1H3,(H,24,26). The molecule has 0 fully saturated rings. The molecule has 0 spiro atoms. The first-order valence-corrected chi connectivity index (χ1v) is 9.46. The van der Waals surface area contributed by atoms with Gasteiger partial charge in [0.05, 0.1) is 12.2 Å². The number of aromatic nitrogens is 1. The van der Waals surface area contributed by atoms with E-state index in [2.05, 4.69) is 10.3 Å². The minimum Gasteiger partial charge on any atom is -0.489 e. The second-order valence-electron chi connectivity index (χ2n) is 5.92. The number of carbonyl (C=O) groups is 1. The molecular formula is C20H17F3N2O3S. The maximum atomic E-state index is 14.5. The first-order valence-electron chi connectivity index (χ1n) is 8.58. The summed E-state index contributed by atoms with van der Waals surface area (Å²) < 4.78 is 52.0. The zero-order valence-corrected chi connectivity index (χ0v) is 16.2. The Kier molecular flexibility index (Phi) is 6.84. The van der Waals surface area contributed by atoms with Crippen LogP contribution in [0.25, 0.3) is 10.6 Å². The molecule has 9 heteroatoms. The first-order chi connectivity index (χ1) is 14.0. The lowest BCUT2D eigenvalue weighted by Gasteiger charge is -2.09. The lowest BCUT2D eigenvalue weighted by atomic mass is 10.2. The van der Waals surface area contributed by atoms with Crippen LogP contribution in [0.15, 0.2) is 41.8 Å². The summed E-state index contributed by atoms with van der Waals surface area (Å²) in [7, 11) is 1.52. The van der Waals surface area contributed by atoms with Gasteiger partial charge in [0, 0.05) is 30.7 Å². The van der Waals surface area contributed by atoms with Gasteiger partial charge < -0.3 is 14.8 Å². The van der Waals surface area contributed by atoms with E-state index >= 15 is 0 Å². The number of methoxy groups -OCH3 is 1. The van der Waals surface area contributed by atoms with Gasteiger partial charge in [-0.25, -0.2) is 18.2 Å². The molecule has 0 saturated carbocycles. The number of ether oxygens (including phenoxy) is 2. The minimum atomic E-state index is -0.735. The van der Waals surface area contributed by atoms with Crippen molar-refractivity contribution in [2.75, 3.05) is 20.3 Å². The third-order valence-corrected chi connectivity index (χ3v) is 4.82. The number of hydrogen-bond donors (Lipinski definition) is 1. The molecule has 0 aliphatic rings. The van der Waals surface area contributed by atoms with Gasteiger partial charge in [-0.05, 0) is 24.3 Å². The molecule has 0 atom stereocenters. The van der Waals surface area contributed by atoms with Crippen molar-refractivity contribution in [3.63, 3.8) is 0 Å². The Morgan fingerprint density at radius 1 is 1.14 bits per heavy atom. The predicted octanol–water partition coefficient (Wildman–Crippen LogP) is 4.18. The first kappa shape index (κ1) is 20.8. The largest absolute Gasteiger partial charge is 0.489 e. The highest BCUT2D eigenvalue weighted by Gasteiger charge is 2.15. The maximum absolute atomic E-state index is 14.5. The van der Waals surface area contributed by atoms with Crippen LogP contribution in [-0.4, -0.2) is 31.2 Å². The van der Waals surface area contributed by atoms with E-state index in [4.69, 9.17) is 9.47 Å². The number of nitrogens with zero attached hydrogens (tertiary/aromatic N) is 1. The average molecular weight is 422 g/mol. The van der Waals surface area contributed by atoms with Crippen molar-refractivity contribution in [2.24, 2.45) is 0 Å². The van der Waals surface area contributed by atoms with E-state index in [9.17, 15) is 18.0 Å². The second kappa shape index (κ2) is 9.53. The van der Waals surface area contributed by atoms with E-state index < -0.39 is 17.5 Å². The molecule has 1 N–H and O–H groups in total. The van der Waals surface area contributed by atoms with Gasteiger partial charge in [0.2, 0.25) is 0 Å². The van der Waals surface area contributed by atoms with E-state index in [-0.39, 0.29) is 35.1 Å². The van der Waals surface area contributed by atoms with Crippen molar-refractivity contribution in [3.05, 3.63) is 70.5 Å². The Morgan fingerprint density at radius 2 is 1.90 bits per heavy atom. The molecule has 0 aliphatic heterocycles. The summed E-state index contributed by atoms with van der Waals surface area (Å²) in [6, 6.07) is 7.51. The van der Waals surface area contributed by atoms with E-state index in [1.807, 2.05) is 0 Å². The van der Waals surface area contributed by atoms with Crippen molar-refractivity contribution < 1.29 is 27.4 Å². The third kappa shape index (κ3) is 5.12. The lowest BCUT2D eigenvalue weighted by Crippen LogP contribution is -2.27. The van der Waals surface area contributed by atoms with Crippen molar-refractivity contribution in [3.8, 4) is 16.3 Å². The Hall–Kier alpha value is -2.91. The Morgan fingerprint density at radius 3 is 2.59 bits per heavy atom. The molecular weight excluding hydrogens is 405 g/mol. The van der Waals surface area contributed by atoms with E-state index in [0.717, 1.165) is 29.5 Å². The van der Waals surface area contributed by atoms with Crippen LogP contribution in [0.3, 0.4) is 0 Å². The van der Waals surface area contributed by atoms with Gasteiger partial charge in [0.25, 0.3) is 5.91 Å². The average Bonchev–Trinajstić information content (AvgIpc) is 3.18. The highest BCUT2D eigenvalue weighted by molar-refractivity contribution is 7.13. The molecule has 0 saturated heterocycles. The molecule has 0 unspecified atom stereocenters. The van der Waals surface area contributed by atoms with E-state index in [1.165, 1.54) is 30.7 Å². The molecule has 5 nitrogen and oxygen atoms in total. The van der Waals surface area contributed by atoms with Crippen LogP contribution in [0, 0.1) is 17.5 Å². The van der Waals surface area contributed by atoms with Gasteiger partial charge in [0.15, 0.2) is 0 Å². The van der Waals surface area contributed by atoms with Crippen molar-refractivity contribution >= 4 is 17.2 Å². The number of halogens is 3. The number of rotatable bonds is 8. The lowest BCUT2D eigenvalue weighted by molar-refractivity contribution is 0.0933. The molecule has 0 bridgehead atoms. The number of thiazole rings is 1. The van der Waals surface area contributed by atoms with Crippen molar-refractivity contribution in [2.45, 2.75) is 6.61 Å². The van der Waals surface area contributed by atoms with Crippen LogP contribution < -0.4 is 10.1 Å². The van der Waals surface area contributed by atoms with Crippen LogP contribution in [0.4, 0.5) is 13.2 Å². The summed E-state index contributed by atoms with van der Waals surface area (Å²) in [6.07, 6.45) is 0. The van der Waals surface area contributed by atoms with Crippen LogP contribution in [0.1, 0.15) is 16.1 Å². The molecule has 0 aliphatic carbocycles. The zero-order chi connectivity index (χ0) is 20.8. The van der Waals surface area contributed by atoms with Crippen molar-refractivity contribution in [1.29, 1.82) is 0 Å². The summed E-state index contributed by atoms with van der Waals surface area (Å²) in [5.74, 6) is -2.36. The molecule has 29 heavy (non-hydrogen) atoms. The summed E-state index contributed by atoms with van der Waals surface area (Å²) in [5, 5.41) is 4.49. The van der Waals surface area contributed by atoms with Crippen molar-refractivity contribution in [1.82, 2.24) is 10.3 Å². The minimum absolute atomic E-state index is 0.114. The van der Waals surface area contributed by atoms with Gasteiger partial charge in [-0.2, -0.15) is 0 Å². The number of carbonyl (C=O) groups excluding carboxylic acids is 1. The van der Waals surface area contributed by atoms with Crippen LogP contribution in [-0.2, 0) is 11.3 Å². The normalized spacial score (nSPS) is 10.8. The molecule has 3 aromatic rings. The van der Waals surface area contributed by atoms with E-state index in [1.54, 1.807) is 0 Å². The van der Waals surface area contributed by atoms with Gasteiger partial charge in [0.1, 0.15) is 40.5 Å². The zero-order valence-electron chi connectivity index (χ0n) is 15.4. The number of hydrogen-bond acceptors (Lipinski definition) is 5. The fourth-order valence-electron chi connectivity index (χ4n) is 2.44. The Labute approximate surface area is 169 Å². The summed E-state index contributed by atoms with van der Waals surface area (Å²) in [5.41, 5.74) is 0.132.